The number of nitrogens with zero attached hydrogens (tertiary/aromatic N) is 2. The van der Waals surface area contributed by atoms with Crippen molar-refractivity contribution in [2.24, 2.45) is 0 Å². The van der Waals surface area contributed by atoms with Gasteiger partial charge in [-0.05, 0) is 35.2 Å². The number of aromatic nitrogens is 1. The van der Waals surface area contributed by atoms with Crippen LogP contribution in [0.5, 0.6) is 0 Å². The summed E-state index contributed by atoms with van der Waals surface area (Å²) in [5, 5.41) is 2.86. The van der Waals surface area contributed by atoms with Crippen LogP contribution in [0.3, 0.4) is 0 Å². The fourth-order valence-electron chi connectivity index (χ4n) is 2.80. The molecular weight excluding hydrogens is 346 g/mol. The highest BCUT2D eigenvalue weighted by molar-refractivity contribution is 7.99. The van der Waals surface area contributed by atoms with E-state index in [4.69, 9.17) is 0 Å². The molecule has 3 rings (SSSR count). The van der Waals surface area contributed by atoms with Crippen LogP contribution >= 0.6 is 11.8 Å². The van der Waals surface area contributed by atoms with Gasteiger partial charge >= 0.3 is 0 Å². The van der Waals surface area contributed by atoms with Crippen LogP contribution in [0.1, 0.15) is 36.7 Å². The van der Waals surface area contributed by atoms with E-state index >= 15 is 0 Å². The fraction of sp³-hybridized carbons (Fsp3) is 0.350. The molecule has 1 unspecified atom stereocenters. The Morgan fingerprint density at radius 1 is 1.12 bits per heavy atom. The Morgan fingerprint density at radius 3 is 2.38 bits per heavy atom. The quantitative estimate of drug-likeness (QED) is 0.899. The van der Waals surface area contributed by atoms with Crippen molar-refractivity contribution in [3.63, 3.8) is 0 Å². The minimum absolute atomic E-state index is 0.0397. The van der Waals surface area contributed by atoms with Crippen molar-refractivity contribution in [1.29, 1.82) is 0 Å². The molecule has 0 saturated carbocycles. The number of carbonyl (C=O) groups excluding carboxylic acids is 2. The summed E-state index contributed by atoms with van der Waals surface area (Å²) in [6.07, 6.45) is 3.25. The minimum atomic E-state index is -0.469. The van der Waals surface area contributed by atoms with Crippen LogP contribution in [-0.2, 0) is 10.2 Å². The normalized spacial score (nSPS) is 17.2. The maximum atomic E-state index is 12.9. The summed E-state index contributed by atoms with van der Waals surface area (Å²) in [7, 11) is 0. The van der Waals surface area contributed by atoms with Crippen molar-refractivity contribution in [3.8, 4) is 0 Å². The second-order valence-electron chi connectivity index (χ2n) is 7.34. The molecule has 1 aromatic carbocycles. The van der Waals surface area contributed by atoms with Gasteiger partial charge in [-0.3, -0.25) is 14.6 Å². The van der Waals surface area contributed by atoms with Gasteiger partial charge < -0.3 is 10.2 Å². The van der Waals surface area contributed by atoms with Crippen LogP contribution in [-0.4, -0.2) is 39.4 Å². The molecule has 136 valence electrons. The average Bonchev–Trinajstić information content (AvgIpc) is 3.11. The number of rotatable bonds is 3. The highest BCUT2D eigenvalue weighted by atomic mass is 32.2. The fourth-order valence-corrected chi connectivity index (χ4v) is 3.95. The predicted octanol–water partition coefficient (Wildman–Crippen LogP) is 3.53. The van der Waals surface area contributed by atoms with E-state index in [0.29, 0.717) is 22.9 Å². The molecule has 5 nitrogen and oxygen atoms in total. The van der Waals surface area contributed by atoms with Gasteiger partial charge in [-0.2, -0.15) is 0 Å². The van der Waals surface area contributed by atoms with Crippen molar-refractivity contribution in [3.05, 3.63) is 59.9 Å². The summed E-state index contributed by atoms with van der Waals surface area (Å²) < 4.78 is 0. The van der Waals surface area contributed by atoms with E-state index in [1.807, 2.05) is 24.3 Å². The summed E-state index contributed by atoms with van der Waals surface area (Å²) in [6, 6.07) is 10.7. The lowest BCUT2D eigenvalue weighted by Crippen LogP contribution is -2.44. The van der Waals surface area contributed by atoms with Crippen LogP contribution in [0.25, 0.3) is 0 Å². The zero-order valence-electron chi connectivity index (χ0n) is 15.2. The van der Waals surface area contributed by atoms with Crippen LogP contribution in [0, 0.1) is 0 Å². The summed E-state index contributed by atoms with van der Waals surface area (Å²) in [6.45, 7) is 6.42. The van der Waals surface area contributed by atoms with Gasteiger partial charge in [0, 0.05) is 29.4 Å². The molecule has 0 spiro atoms. The van der Waals surface area contributed by atoms with Gasteiger partial charge in [-0.25, -0.2) is 0 Å². The van der Waals surface area contributed by atoms with E-state index in [-0.39, 0.29) is 17.2 Å². The van der Waals surface area contributed by atoms with Gasteiger partial charge in [0.15, 0.2) is 0 Å². The first-order chi connectivity index (χ1) is 12.4. The molecule has 1 aliphatic heterocycles. The highest BCUT2D eigenvalue weighted by Crippen LogP contribution is 2.26. The Labute approximate surface area is 158 Å². The van der Waals surface area contributed by atoms with Crippen molar-refractivity contribution in [2.45, 2.75) is 32.2 Å². The summed E-state index contributed by atoms with van der Waals surface area (Å²) >= 11 is 1.59. The largest absolute Gasteiger partial charge is 0.324 e. The first-order valence-corrected chi connectivity index (χ1v) is 9.72. The lowest BCUT2D eigenvalue weighted by molar-refractivity contribution is -0.119. The monoisotopic (exact) mass is 369 g/mol. The van der Waals surface area contributed by atoms with E-state index in [1.165, 1.54) is 5.56 Å². The van der Waals surface area contributed by atoms with E-state index in [2.05, 4.69) is 31.1 Å². The van der Waals surface area contributed by atoms with Gasteiger partial charge in [0.25, 0.3) is 5.91 Å². The smallest absolute Gasteiger partial charge is 0.255 e. The van der Waals surface area contributed by atoms with Gasteiger partial charge in [-0.15, -0.1) is 11.8 Å². The number of benzene rings is 1. The van der Waals surface area contributed by atoms with E-state index < -0.39 is 6.04 Å². The van der Waals surface area contributed by atoms with Crippen LogP contribution in [0.2, 0.25) is 0 Å². The number of anilines is 1. The third-order valence-electron chi connectivity index (χ3n) is 4.39. The summed E-state index contributed by atoms with van der Waals surface area (Å²) in [5.41, 5.74) is 2.51. The van der Waals surface area contributed by atoms with Crippen LogP contribution in [0.15, 0.2) is 48.8 Å². The zero-order chi connectivity index (χ0) is 18.7. The van der Waals surface area contributed by atoms with Crippen LogP contribution < -0.4 is 5.32 Å². The molecule has 1 aromatic heterocycles. The van der Waals surface area contributed by atoms with E-state index in [9.17, 15) is 9.59 Å². The van der Waals surface area contributed by atoms with Gasteiger partial charge in [0.2, 0.25) is 5.91 Å². The molecule has 1 aliphatic rings. The molecule has 0 radical (unpaired) electrons. The first-order valence-electron chi connectivity index (χ1n) is 8.56. The second kappa shape index (κ2) is 7.50. The summed E-state index contributed by atoms with van der Waals surface area (Å²) in [5.74, 6) is 0.850. The number of pyridine rings is 1. The molecule has 0 bridgehead atoms. The van der Waals surface area contributed by atoms with Crippen molar-refractivity contribution >= 4 is 29.3 Å². The maximum absolute atomic E-state index is 12.9. The molecule has 1 saturated heterocycles. The molecule has 26 heavy (non-hydrogen) atoms. The Bertz CT molecular complexity index is 785. The maximum Gasteiger partial charge on any atom is 0.255 e. The van der Waals surface area contributed by atoms with Gasteiger partial charge in [0.1, 0.15) is 6.04 Å². The van der Waals surface area contributed by atoms with E-state index in [0.717, 1.165) is 0 Å². The highest BCUT2D eigenvalue weighted by Gasteiger charge is 2.35. The number of amides is 2. The van der Waals surface area contributed by atoms with Crippen molar-refractivity contribution in [2.75, 3.05) is 16.9 Å². The summed E-state index contributed by atoms with van der Waals surface area (Å²) in [4.78, 5) is 31.1. The molecule has 0 aliphatic carbocycles. The second-order valence-corrected chi connectivity index (χ2v) is 8.34. The Kier molecular flexibility index (Phi) is 5.32. The first kappa shape index (κ1) is 18.5. The number of hydrogen-bond acceptors (Lipinski definition) is 4. The lowest BCUT2D eigenvalue weighted by atomic mass is 9.86. The number of nitrogens with one attached hydrogen (secondary N) is 1. The molecule has 2 aromatic rings. The standard InChI is InChI=1S/C20H23N3O2S/c1-20(2,3)15-6-4-14(5-7-15)19(25)23-13-26-12-17(23)18(24)22-16-8-10-21-11-9-16/h4-11,17H,12-13H2,1-3H3,(H,21,22,24). The number of hydrogen-bond donors (Lipinski definition) is 1. The molecule has 2 heterocycles. The SMILES string of the molecule is CC(C)(C)c1ccc(C(=O)N2CSCC2C(=O)Nc2ccncc2)cc1. The third kappa shape index (κ3) is 4.07. The average molecular weight is 369 g/mol. The molecule has 1 atom stereocenters. The van der Waals surface area contributed by atoms with Gasteiger partial charge in [-0.1, -0.05) is 32.9 Å². The topological polar surface area (TPSA) is 62.3 Å². The lowest BCUT2D eigenvalue weighted by Gasteiger charge is -2.24. The van der Waals surface area contributed by atoms with Crippen LogP contribution in [0.4, 0.5) is 5.69 Å². The minimum Gasteiger partial charge on any atom is -0.324 e. The number of thioether (sulfide) groups is 1. The molecule has 6 heteroatoms. The van der Waals surface area contributed by atoms with Gasteiger partial charge in [0.05, 0.1) is 5.88 Å². The number of carbonyl (C=O) groups is 2. The van der Waals surface area contributed by atoms with E-state index in [1.54, 1.807) is 41.2 Å². The molecule has 1 N–H and O–H groups in total. The van der Waals surface area contributed by atoms with Crippen molar-refractivity contribution in [1.82, 2.24) is 9.88 Å². The molecule has 2 amide bonds. The third-order valence-corrected chi connectivity index (χ3v) is 5.40. The Balaban J connectivity index is 1.73. The Morgan fingerprint density at radius 2 is 1.77 bits per heavy atom. The predicted molar refractivity (Wildman–Crippen MR) is 105 cm³/mol. The Hall–Kier alpha value is -2.34. The molecular formula is C20H23N3O2S. The van der Waals surface area contributed by atoms with Crippen molar-refractivity contribution < 1.29 is 9.59 Å². The zero-order valence-corrected chi connectivity index (χ0v) is 16.0. The molecule has 1 fully saturated rings.